The second kappa shape index (κ2) is 5.89. The molecule has 0 saturated carbocycles. The summed E-state index contributed by atoms with van der Waals surface area (Å²) >= 11 is 1.61. The molecule has 0 fully saturated rings. The van der Waals surface area contributed by atoms with Gasteiger partial charge in [-0.25, -0.2) is 9.48 Å². The molecule has 0 aliphatic rings. The smallest absolute Gasteiger partial charge is 0.335 e. The van der Waals surface area contributed by atoms with Crippen LogP contribution in [0.2, 0.25) is 0 Å². The Morgan fingerprint density at radius 2 is 1.92 bits per heavy atom. The van der Waals surface area contributed by atoms with Crippen LogP contribution in [0.5, 0.6) is 0 Å². The van der Waals surface area contributed by atoms with E-state index in [1.54, 1.807) is 34.3 Å². The van der Waals surface area contributed by atoms with E-state index < -0.39 is 5.97 Å². The minimum Gasteiger partial charge on any atom is -0.478 e. The Balaban J connectivity index is 1.83. The number of aromatic nitrogens is 2. The lowest BCUT2D eigenvalue weighted by molar-refractivity contribution is 0.0697. The largest absolute Gasteiger partial charge is 0.478 e. The molecule has 4 rings (SSSR count). The first kappa shape index (κ1) is 15.1. The van der Waals surface area contributed by atoms with Crippen molar-refractivity contribution in [3.8, 4) is 23.0 Å². The van der Waals surface area contributed by atoms with Crippen molar-refractivity contribution in [1.82, 2.24) is 9.78 Å². The first-order valence-electron chi connectivity index (χ1n) is 7.47. The highest BCUT2D eigenvalue weighted by Crippen LogP contribution is 2.34. The van der Waals surface area contributed by atoms with Gasteiger partial charge in [0.05, 0.1) is 16.8 Å². The molecule has 0 saturated heterocycles. The molecule has 0 bridgehead atoms. The predicted octanol–water partition coefficient (Wildman–Crippen LogP) is 4.32. The molecule has 1 N–H and O–H groups in total. The summed E-state index contributed by atoms with van der Waals surface area (Å²) in [5.41, 5.74) is 2.94. The molecule has 6 heteroatoms. The number of nitrogens with zero attached hydrogens (tertiary/aromatic N) is 3. The normalized spacial score (nSPS) is 10.7. The molecular formula is C19H11N3O2S. The van der Waals surface area contributed by atoms with E-state index in [1.807, 2.05) is 29.6 Å². The number of carboxylic acids is 1. The maximum atomic E-state index is 11.0. The van der Waals surface area contributed by atoms with E-state index in [1.165, 1.54) is 12.1 Å². The predicted molar refractivity (Wildman–Crippen MR) is 96.1 cm³/mol. The lowest BCUT2D eigenvalue weighted by atomic mass is 10.1. The van der Waals surface area contributed by atoms with E-state index in [-0.39, 0.29) is 5.56 Å². The van der Waals surface area contributed by atoms with Gasteiger partial charge in [0.15, 0.2) is 0 Å². The number of benzene rings is 2. The van der Waals surface area contributed by atoms with Crippen molar-refractivity contribution in [3.05, 3.63) is 71.2 Å². The third-order valence-electron chi connectivity index (χ3n) is 3.95. The van der Waals surface area contributed by atoms with E-state index in [9.17, 15) is 10.1 Å². The van der Waals surface area contributed by atoms with Gasteiger partial charge in [0.1, 0.15) is 11.8 Å². The van der Waals surface area contributed by atoms with E-state index in [0.717, 1.165) is 15.6 Å². The number of aromatic carboxylic acids is 1. The molecule has 0 unspecified atom stereocenters. The van der Waals surface area contributed by atoms with Crippen LogP contribution in [0.25, 0.3) is 27.0 Å². The van der Waals surface area contributed by atoms with Crippen molar-refractivity contribution in [1.29, 1.82) is 5.26 Å². The van der Waals surface area contributed by atoms with E-state index >= 15 is 0 Å². The zero-order chi connectivity index (χ0) is 17.4. The Morgan fingerprint density at radius 3 is 2.64 bits per heavy atom. The quantitative estimate of drug-likeness (QED) is 0.599. The van der Waals surface area contributed by atoms with Crippen molar-refractivity contribution in [2.45, 2.75) is 0 Å². The fourth-order valence-electron chi connectivity index (χ4n) is 2.70. The summed E-state index contributed by atoms with van der Waals surface area (Å²) in [5, 5.41) is 26.1. The van der Waals surface area contributed by atoms with Crippen LogP contribution in [-0.2, 0) is 0 Å². The van der Waals surface area contributed by atoms with Crippen LogP contribution < -0.4 is 0 Å². The van der Waals surface area contributed by atoms with Crippen LogP contribution in [0, 0.1) is 11.3 Å². The summed E-state index contributed by atoms with van der Waals surface area (Å²) in [6, 6.07) is 16.6. The Labute approximate surface area is 147 Å². The second-order valence-electron chi connectivity index (χ2n) is 5.45. The summed E-state index contributed by atoms with van der Waals surface area (Å²) in [4.78, 5) is 11.0. The lowest BCUT2D eigenvalue weighted by Gasteiger charge is -2.01. The zero-order valence-electron chi connectivity index (χ0n) is 12.9. The number of thiophene rings is 1. The van der Waals surface area contributed by atoms with Crippen LogP contribution in [-0.4, -0.2) is 20.9 Å². The van der Waals surface area contributed by atoms with Gasteiger partial charge >= 0.3 is 5.97 Å². The number of carboxylic acid groups (broad SMARTS) is 1. The van der Waals surface area contributed by atoms with Crippen LogP contribution in [0.4, 0.5) is 0 Å². The Hall–Kier alpha value is -3.43. The maximum Gasteiger partial charge on any atom is 0.335 e. The molecule has 5 nitrogen and oxygen atoms in total. The van der Waals surface area contributed by atoms with Crippen LogP contribution in [0.15, 0.2) is 60.1 Å². The van der Waals surface area contributed by atoms with Gasteiger partial charge in [-0.1, -0.05) is 18.2 Å². The molecule has 25 heavy (non-hydrogen) atoms. The van der Waals surface area contributed by atoms with Crippen LogP contribution >= 0.6 is 11.3 Å². The molecule has 0 radical (unpaired) electrons. The summed E-state index contributed by atoms with van der Waals surface area (Å²) in [5.74, 6) is -0.977. The van der Waals surface area contributed by atoms with E-state index in [0.29, 0.717) is 16.9 Å². The molecule has 120 valence electrons. The van der Waals surface area contributed by atoms with Crippen LogP contribution in [0.3, 0.4) is 0 Å². The molecule has 0 spiro atoms. The highest BCUT2D eigenvalue weighted by atomic mass is 32.1. The molecule has 4 aromatic rings. The van der Waals surface area contributed by atoms with Crippen molar-refractivity contribution >= 4 is 27.4 Å². The van der Waals surface area contributed by atoms with Crippen LogP contribution in [0.1, 0.15) is 15.9 Å². The standard InChI is InChI=1S/C19H11N3O2S/c20-9-13-10-22(14-7-5-12(6-8-14)19(23)24)21-18(13)16-11-25-17-4-2-1-3-15(16)17/h1-8,10-11H,(H,23,24). The minimum atomic E-state index is -0.977. The Kier molecular flexibility index (Phi) is 3.56. The second-order valence-corrected chi connectivity index (χ2v) is 6.36. The first-order chi connectivity index (χ1) is 12.2. The Bertz CT molecular complexity index is 1130. The lowest BCUT2D eigenvalue weighted by Crippen LogP contribution is -1.98. The number of nitriles is 1. The van der Waals surface area contributed by atoms with E-state index in [2.05, 4.69) is 11.2 Å². The number of fused-ring (bicyclic) bond motifs is 1. The number of hydrogen-bond acceptors (Lipinski definition) is 4. The SMILES string of the molecule is N#Cc1cn(-c2ccc(C(=O)O)cc2)nc1-c1csc2ccccc12. The molecule has 0 atom stereocenters. The minimum absolute atomic E-state index is 0.209. The fourth-order valence-corrected chi connectivity index (χ4v) is 3.65. The topological polar surface area (TPSA) is 78.9 Å². The van der Waals surface area contributed by atoms with E-state index in [4.69, 9.17) is 5.11 Å². The first-order valence-corrected chi connectivity index (χ1v) is 8.35. The number of rotatable bonds is 3. The molecular weight excluding hydrogens is 334 g/mol. The summed E-state index contributed by atoms with van der Waals surface area (Å²) < 4.78 is 2.74. The summed E-state index contributed by atoms with van der Waals surface area (Å²) in [6.07, 6.45) is 1.66. The average Bonchev–Trinajstić information content (AvgIpc) is 3.25. The zero-order valence-corrected chi connectivity index (χ0v) is 13.7. The molecule has 0 aliphatic heterocycles. The van der Waals surface area contributed by atoms with Gasteiger partial charge in [0.2, 0.25) is 0 Å². The molecule has 2 aromatic carbocycles. The summed E-state index contributed by atoms with van der Waals surface area (Å²) in [7, 11) is 0. The number of hydrogen-bond donors (Lipinski definition) is 1. The van der Waals surface area contributed by atoms with Gasteiger partial charge in [-0.3, -0.25) is 0 Å². The highest BCUT2D eigenvalue weighted by Gasteiger charge is 2.16. The van der Waals surface area contributed by atoms with Gasteiger partial charge in [-0.2, -0.15) is 10.4 Å². The molecule has 2 heterocycles. The van der Waals surface area contributed by atoms with Crippen molar-refractivity contribution in [2.75, 3.05) is 0 Å². The van der Waals surface area contributed by atoms with Gasteiger partial charge in [-0.15, -0.1) is 11.3 Å². The monoisotopic (exact) mass is 345 g/mol. The van der Waals surface area contributed by atoms with Gasteiger partial charge in [0.25, 0.3) is 0 Å². The average molecular weight is 345 g/mol. The Morgan fingerprint density at radius 1 is 1.16 bits per heavy atom. The van der Waals surface area contributed by atoms with Gasteiger partial charge < -0.3 is 5.11 Å². The molecule has 2 aromatic heterocycles. The maximum absolute atomic E-state index is 11.0. The third kappa shape index (κ3) is 2.57. The van der Waals surface area contributed by atoms with Crippen molar-refractivity contribution in [2.24, 2.45) is 0 Å². The highest BCUT2D eigenvalue weighted by molar-refractivity contribution is 7.17. The number of carbonyl (C=O) groups is 1. The molecule has 0 aliphatic carbocycles. The fraction of sp³-hybridized carbons (Fsp3) is 0. The van der Waals surface area contributed by atoms with Gasteiger partial charge in [-0.05, 0) is 30.3 Å². The summed E-state index contributed by atoms with van der Waals surface area (Å²) in [6.45, 7) is 0. The third-order valence-corrected chi connectivity index (χ3v) is 4.91. The van der Waals surface area contributed by atoms with Gasteiger partial charge in [0, 0.05) is 27.2 Å². The van der Waals surface area contributed by atoms with Crippen molar-refractivity contribution in [3.63, 3.8) is 0 Å². The molecule has 0 amide bonds. The van der Waals surface area contributed by atoms with Crippen molar-refractivity contribution < 1.29 is 9.90 Å².